The van der Waals surface area contributed by atoms with E-state index in [1.54, 1.807) is 0 Å². The number of ether oxygens (including phenoxy) is 3. The van der Waals surface area contributed by atoms with Crippen LogP contribution in [-0.4, -0.2) is 36.6 Å². The van der Waals surface area contributed by atoms with Crippen LogP contribution >= 0.6 is 0 Å². The molecule has 33 heavy (non-hydrogen) atoms. The Kier molecular flexibility index (Phi) is 7.08. The Hall–Kier alpha value is -3.19. The summed E-state index contributed by atoms with van der Waals surface area (Å²) in [6.45, 7) is 8.32. The number of hydrogen-bond donors (Lipinski definition) is 2. The summed E-state index contributed by atoms with van der Waals surface area (Å²) in [6, 6.07) is 14.0. The molecule has 0 bridgehead atoms. The Morgan fingerprint density at radius 2 is 1.91 bits per heavy atom. The molecule has 0 saturated carbocycles. The van der Waals surface area contributed by atoms with E-state index < -0.39 is 6.09 Å². The van der Waals surface area contributed by atoms with E-state index in [0.717, 1.165) is 52.9 Å². The zero-order valence-electron chi connectivity index (χ0n) is 19.6. The molecule has 4 rings (SSSR count). The molecule has 0 aliphatic carbocycles. The summed E-state index contributed by atoms with van der Waals surface area (Å²) in [5, 5.41) is 3.82. The maximum absolute atomic E-state index is 12.2. The zero-order chi connectivity index (χ0) is 23.4. The van der Waals surface area contributed by atoms with Gasteiger partial charge in [-0.25, -0.2) is 4.79 Å². The number of nitrogens with two attached hydrogens (primary N) is 1. The van der Waals surface area contributed by atoms with Crippen molar-refractivity contribution in [2.75, 3.05) is 30.9 Å². The fraction of sp³-hybridized carbons (Fsp3) is 0.423. The van der Waals surface area contributed by atoms with E-state index in [0.29, 0.717) is 25.5 Å². The minimum atomic E-state index is -0.440. The van der Waals surface area contributed by atoms with Crippen molar-refractivity contribution in [2.24, 2.45) is 0 Å². The second-order valence-corrected chi connectivity index (χ2v) is 8.67. The summed E-state index contributed by atoms with van der Waals surface area (Å²) < 4.78 is 18.9. The van der Waals surface area contributed by atoms with Crippen molar-refractivity contribution in [2.45, 2.75) is 52.2 Å². The highest BCUT2D eigenvalue weighted by atomic mass is 16.6. The van der Waals surface area contributed by atoms with Crippen LogP contribution in [0.4, 0.5) is 16.2 Å². The Bertz CT molecular complexity index is 1100. The van der Waals surface area contributed by atoms with Crippen LogP contribution in [-0.2, 0) is 9.47 Å². The Balaban J connectivity index is 1.58. The van der Waals surface area contributed by atoms with E-state index in [9.17, 15) is 4.79 Å². The molecular formula is C26H33N3O4. The number of amides is 1. The van der Waals surface area contributed by atoms with Crippen molar-refractivity contribution in [1.29, 1.82) is 0 Å². The van der Waals surface area contributed by atoms with Crippen LogP contribution in [0.1, 0.15) is 46.1 Å². The minimum absolute atomic E-state index is 0.0919. The Morgan fingerprint density at radius 1 is 1.18 bits per heavy atom. The molecule has 1 fully saturated rings. The van der Waals surface area contributed by atoms with Crippen molar-refractivity contribution in [1.82, 2.24) is 4.57 Å². The lowest BCUT2D eigenvalue weighted by atomic mass is 10.1. The molecule has 1 aliphatic heterocycles. The first kappa shape index (κ1) is 23.0. The molecule has 0 atom stereocenters. The third kappa shape index (κ3) is 5.09. The van der Waals surface area contributed by atoms with E-state index in [4.69, 9.17) is 19.9 Å². The standard InChI is InChI=1S/C26H33N3O4/c1-4-13-32-21-9-10-22-23(16-21)29(17(2)3)25(24(22)27)18-5-7-19(8-6-18)28-26(30)33-20-11-14-31-15-12-20/h5-10,16-17,20H,4,11-15,27H2,1-3H3,(H,28,30). The fourth-order valence-electron chi connectivity index (χ4n) is 4.26. The van der Waals surface area contributed by atoms with Crippen molar-refractivity contribution in [3.63, 3.8) is 0 Å². The number of hydrogen-bond acceptors (Lipinski definition) is 5. The molecule has 1 aromatic heterocycles. The molecule has 0 spiro atoms. The van der Waals surface area contributed by atoms with Gasteiger partial charge in [-0.05, 0) is 44.5 Å². The number of carbonyl (C=O) groups is 1. The summed E-state index contributed by atoms with van der Waals surface area (Å²) in [5.74, 6) is 0.845. The molecule has 1 aliphatic rings. The lowest BCUT2D eigenvalue weighted by molar-refractivity contribution is 0.00592. The van der Waals surface area contributed by atoms with Gasteiger partial charge in [-0.15, -0.1) is 0 Å². The summed E-state index contributed by atoms with van der Waals surface area (Å²) in [5.41, 5.74) is 11.0. The van der Waals surface area contributed by atoms with Gasteiger partial charge in [0.1, 0.15) is 11.9 Å². The molecule has 176 valence electrons. The highest BCUT2D eigenvalue weighted by molar-refractivity contribution is 6.01. The van der Waals surface area contributed by atoms with Gasteiger partial charge >= 0.3 is 6.09 Å². The number of anilines is 2. The second-order valence-electron chi connectivity index (χ2n) is 8.67. The van der Waals surface area contributed by atoms with E-state index >= 15 is 0 Å². The normalized spacial score (nSPS) is 14.5. The molecule has 1 saturated heterocycles. The number of fused-ring (bicyclic) bond motifs is 1. The van der Waals surface area contributed by atoms with Gasteiger partial charge < -0.3 is 24.5 Å². The molecule has 3 N–H and O–H groups in total. The number of benzene rings is 2. The van der Waals surface area contributed by atoms with E-state index in [1.807, 2.05) is 36.4 Å². The van der Waals surface area contributed by atoms with Crippen LogP contribution in [0, 0.1) is 0 Å². The van der Waals surface area contributed by atoms with Gasteiger partial charge in [0.25, 0.3) is 0 Å². The SMILES string of the molecule is CCCOc1ccc2c(N)c(-c3ccc(NC(=O)OC4CCOCC4)cc3)n(C(C)C)c2c1. The van der Waals surface area contributed by atoms with Crippen LogP contribution in [0.15, 0.2) is 42.5 Å². The number of nitrogens with zero attached hydrogens (tertiary/aromatic N) is 1. The van der Waals surface area contributed by atoms with Gasteiger partial charge in [0, 0.05) is 41.6 Å². The predicted molar refractivity (Wildman–Crippen MR) is 132 cm³/mol. The molecule has 2 aromatic carbocycles. The highest BCUT2D eigenvalue weighted by Gasteiger charge is 2.20. The van der Waals surface area contributed by atoms with E-state index in [2.05, 4.69) is 36.7 Å². The molecule has 1 amide bonds. The zero-order valence-corrected chi connectivity index (χ0v) is 19.6. The first-order chi connectivity index (χ1) is 16.0. The molecule has 2 heterocycles. The van der Waals surface area contributed by atoms with Crippen LogP contribution < -0.4 is 15.8 Å². The molecule has 0 radical (unpaired) electrons. The van der Waals surface area contributed by atoms with Gasteiger partial charge in [0.2, 0.25) is 0 Å². The van der Waals surface area contributed by atoms with E-state index in [1.165, 1.54) is 0 Å². The highest BCUT2D eigenvalue weighted by Crippen LogP contribution is 2.40. The van der Waals surface area contributed by atoms with Crippen molar-refractivity contribution in [3.05, 3.63) is 42.5 Å². The quantitative estimate of drug-likeness (QED) is 0.461. The van der Waals surface area contributed by atoms with Crippen molar-refractivity contribution >= 4 is 28.4 Å². The van der Waals surface area contributed by atoms with Crippen LogP contribution in [0.2, 0.25) is 0 Å². The predicted octanol–water partition coefficient (Wildman–Crippen LogP) is 5.99. The van der Waals surface area contributed by atoms with E-state index in [-0.39, 0.29) is 12.1 Å². The molecular weight excluding hydrogens is 418 g/mol. The average Bonchev–Trinajstić information content (AvgIpc) is 3.11. The van der Waals surface area contributed by atoms with Gasteiger partial charge in [0.15, 0.2) is 0 Å². The lowest BCUT2D eigenvalue weighted by Crippen LogP contribution is -2.28. The Labute approximate surface area is 194 Å². The topological polar surface area (TPSA) is 87.7 Å². The van der Waals surface area contributed by atoms with Gasteiger partial charge in [-0.2, -0.15) is 0 Å². The summed E-state index contributed by atoms with van der Waals surface area (Å²) in [6.07, 6.45) is 1.89. The second kappa shape index (κ2) is 10.2. The number of rotatable bonds is 7. The third-order valence-electron chi connectivity index (χ3n) is 5.85. The largest absolute Gasteiger partial charge is 0.494 e. The van der Waals surface area contributed by atoms with Crippen molar-refractivity contribution in [3.8, 4) is 17.0 Å². The summed E-state index contributed by atoms with van der Waals surface area (Å²) in [7, 11) is 0. The van der Waals surface area contributed by atoms with Crippen molar-refractivity contribution < 1.29 is 19.0 Å². The van der Waals surface area contributed by atoms with Gasteiger partial charge in [-0.1, -0.05) is 19.1 Å². The van der Waals surface area contributed by atoms with Crippen LogP contribution in [0.3, 0.4) is 0 Å². The smallest absolute Gasteiger partial charge is 0.411 e. The molecule has 0 unspecified atom stereocenters. The first-order valence-electron chi connectivity index (χ1n) is 11.7. The first-order valence-corrected chi connectivity index (χ1v) is 11.7. The van der Waals surface area contributed by atoms with Crippen LogP contribution in [0.25, 0.3) is 22.2 Å². The van der Waals surface area contributed by atoms with Gasteiger partial charge in [-0.3, -0.25) is 5.32 Å². The third-order valence-corrected chi connectivity index (χ3v) is 5.85. The number of nitrogen functional groups attached to an aromatic ring is 1. The number of aromatic nitrogens is 1. The number of carbonyl (C=O) groups excluding carboxylic acids is 1. The lowest BCUT2D eigenvalue weighted by Gasteiger charge is -2.22. The molecule has 7 heteroatoms. The Morgan fingerprint density at radius 3 is 2.58 bits per heavy atom. The maximum Gasteiger partial charge on any atom is 0.411 e. The van der Waals surface area contributed by atoms with Gasteiger partial charge in [0.05, 0.1) is 36.7 Å². The van der Waals surface area contributed by atoms with Crippen LogP contribution in [0.5, 0.6) is 5.75 Å². The fourth-order valence-corrected chi connectivity index (χ4v) is 4.26. The summed E-state index contributed by atoms with van der Waals surface area (Å²) in [4.78, 5) is 12.2. The monoisotopic (exact) mass is 451 g/mol. The maximum atomic E-state index is 12.2. The molecule has 3 aromatic rings. The summed E-state index contributed by atoms with van der Waals surface area (Å²) >= 11 is 0. The minimum Gasteiger partial charge on any atom is -0.494 e. The number of nitrogens with one attached hydrogen (secondary N) is 1. The average molecular weight is 452 g/mol. The molecule has 7 nitrogen and oxygen atoms in total.